The fourth-order valence-electron chi connectivity index (χ4n) is 3.78. The Hall–Kier alpha value is -1.03. The quantitative estimate of drug-likeness (QED) is 0.789. The number of nitrogens with one attached hydrogen (secondary N) is 1. The fraction of sp³-hybridized carbons (Fsp3) is 0.647. The molecule has 2 unspecified atom stereocenters. The lowest BCUT2D eigenvalue weighted by molar-refractivity contribution is -0.160. The number of benzene rings is 1. The maximum Gasteiger partial charge on any atom is 0.570 e. The van der Waals surface area contributed by atoms with Gasteiger partial charge in [-0.25, -0.2) is 17.2 Å². The molecule has 1 aromatic rings. The van der Waals surface area contributed by atoms with E-state index >= 15 is 0 Å². The van der Waals surface area contributed by atoms with E-state index < -0.39 is 34.4 Å². The van der Waals surface area contributed by atoms with Crippen LogP contribution in [0.5, 0.6) is 0 Å². The smallest absolute Gasteiger partial charge is 0.389 e. The highest BCUT2D eigenvalue weighted by Crippen LogP contribution is 2.53. The van der Waals surface area contributed by atoms with Gasteiger partial charge in [0.25, 0.3) is 0 Å². The van der Waals surface area contributed by atoms with Crippen LogP contribution in [0, 0.1) is 11.8 Å². The Balaban J connectivity index is 1.75. The molecule has 0 bridgehead atoms. The molecule has 1 aliphatic carbocycles. The molecule has 1 N–H and O–H groups in total. The zero-order valence-corrected chi connectivity index (χ0v) is 16.1. The molecule has 2 aliphatic rings. The molecule has 0 amide bonds. The summed E-state index contributed by atoms with van der Waals surface area (Å²) in [6.07, 6.45) is -0.354. The van der Waals surface area contributed by atoms with Crippen LogP contribution in [0.2, 0.25) is 0 Å². The van der Waals surface area contributed by atoms with Crippen LogP contribution in [0.15, 0.2) is 35.2 Å². The van der Waals surface area contributed by atoms with Crippen molar-refractivity contribution in [2.24, 2.45) is 11.8 Å². The Morgan fingerprint density at radius 1 is 1.15 bits per heavy atom. The molecular weight excluding hydrogens is 363 g/mol. The second-order valence-corrected chi connectivity index (χ2v) is 9.65. The largest absolute Gasteiger partial charge is 0.570 e. The molecule has 0 radical (unpaired) electrons. The summed E-state index contributed by atoms with van der Waals surface area (Å²) in [5.41, 5.74) is -1.75. The number of rotatable bonds is 5. The van der Waals surface area contributed by atoms with Gasteiger partial charge in [-0.15, -0.1) is 0 Å². The van der Waals surface area contributed by atoms with Crippen LogP contribution >= 0.6 is 0 Å². The van der Waals surface area contributed by atoms with E-state index in [0.29, 0.717) is 0 Å². The molecule has 1 aliphatic heterocycles. The van der Waals surface area contributed by atoms with Crippen molar-refractivity contribution in [1.82, 2.24) is 4.63 Å². The van der Waals surface area contributed by atoms with Crippen LogP contribution in [0.3, 0.4) is 0 Å². The molecule has 5 nitrogen and oxygen atoms in total. The number of halogens is 2. The molecular formula is C17H24BF2NO4S. The molecule has 1 aromatic carbocycles. The van der Waals surface area contributed by atoms with Crippen LogP contribution in [0.4, 0.5) is 8.78 Å². The minimum atomic E-state index is -3.82. The van der Waals surface area contributed by atoms with Crippen molar-refractivity contribution in [2.75, 3.05) is 0 Å². The molecule has 26 heavy (non-hydrogen) atoms. The maximum absolute atomic E-state index is 13.3. The molecule has 2 atom stereocenters. The van der Waals surface area contributed by atoms with Crippen molar-refractivity contribution in [1.29, 1.82) is 0 Å². The lowest BCUT2D eigenvalue weighted by Gasteiger charge is -2.49. The first-order valence-electron chi connectivity index (χ1n) is 8.67. The molecule has 0 aromatic heterocycles. The minimum absolute atomic E-state index is 0.102. The zero-order valence-electron chi connectivity index (χ0n) is 15.3. The molecule has 3 rings (SSSR count). The van der Waals surface area contributed by atoms with Gasteiger partial charge >= 0.3 is 7.25 Å². The first-order valence-corrected chi connectivity index (χ1v) is 10.2. The van der Waals surface area contributed by atoms with Crippen molar-refractivity contribution in [3.05, 3.63) is 30.3 Å². The number of hydrogen-bond donors (Lipinski definition) is 1. The minimum Gasteiger partial charge on any atom is -0.389 e. The highest BCUT2D eigenvalue weighted by Gasteiger charge is 2.62. The normalized spacial score (nSPS) is 29.4. The second kappa shape index (κ2) is 6.26. The lowest BCUT2D eigenvalue weighted by Crippen LogP contribution is -2.55. The lowest BCUT2D eigenvalue weighted by atomic mass is 9.64. The average molecular weight is 387 g/mol. The van der Waals surface area contributed by atoms with Crippen LogP contribution in [-0.2, 0) is 19.3 Å². The molecule has 1 saturated carbocycles. The van der Waals surface area contributed by atoms with E-state index in [9.17, 15) is 17.2 Å². The fourth-order valence-corrected chi connectivity index (χ4v) is 4.78. The Bertz CT molecular complexity index is 766. The van der Waals surface area contributed by atoms with Gasteiger partial charge in [-0.05, 0) is 44.7 Å². The van der Waals surface area contributed by atoms with Crippen molar-refractivity contribution < 1.29 is 26.5 Å². The van der Waals surface area contributed by atoms with Gasteiger partial charge in [0.15, 0.2) is 0 Å². The van der Waals surface area contributed by atoms with Crippen LogP contribution in [0.25, 0.3) is 0 Å². The molecule has 2 fully saturated rings. The molecule has 0 spiro atoms. The highest BCUT2D eigenvalue weighted by atomic mass is 32.2. The molecule has 144 valence electrons. The monoisotopic (exact) mass is 387 g/mol. The highest BCUT2D eigenvalue weighted by molar-refractivity contribution is 7.90. The van der Waals surface area contributed by atoms with Gasteiger partial charge in [-0.1, -0.05) is 25.1 Å². The second-order valence-electron chi connectivity index (χ2n) is 7.93. The summed E-state index contributed by atoms with van der Waals surface area (Å²) in [5.74, 6) is -3.03. The molecule has 9 heteroatoms. The SMILES string of the molecule is CC(C1CC(F)(F)C1)C1(C)OB(NS(=O)(=O)c2ccccc2)OC1(C)C. The predicted molar refractivity (Wildman–Crippen MR) is 94.0 cm³/mol. The van der Waals surface area contributed by atoms with E-state index in [0.717, 1.165) is 0 Å². The van der Waals surface area contributed by atoms with Crippen molar-refractivity contribution in [3.8, 4) is 0 Å². The third-order valence-electron chi connectivity index (χ3n) is 5.95. The summed E-state index contributed by atoms with van der Waals surface area (Å²) in [7, 11) is -5.00. The molecule has 1 heterocycles. The average Bonchev–Trinajstić information content (AvgIpc) is 2.74. The van der Waals surface area contributed by atoms with Crippen LogP contribution < -0.4 is 4.63 Å². The Kier molecular flexibility index (Phi) is 4.75. The third-order valence-corrected chi connectivity index (χ3v) is 7.35. The van der Waals surface area contributed by atoms with Crippen LogP contribution in [-0.4, -0.2) is 32.8 Å². The van der Waals surface area contributed by atoms with Crippen molar-refractivity contribution >= 4 is 17.3 Å². The first kappa shape index (κ1) is 19.7. The van der Waals surface area contributed by atoms with Gasteiger partial charge in [-0.2, -0.15) is 4.63 Å². The first-order chi connectivity index (χ1) is 11.9. The molecule has 1 saturated heterocycles. The van der Waals surface area contributed by atoms with Crippen LogP contribution in [0.1, 0.15) is 40.5 Å². The van der Waals surface area contributed by atoms with Gasteiger partial charge < -0.3 is 9.31 Å². The summed E-state index contributed by atoms with van der Waals surface area (Å²) in [6, 6.07) is 7.91. The van der Waals surface area contributed by atoms with Crippen molar-refractivity contribution in [3.63, 3.8) is 0 Å². The maximum atomic E-state index is 13.3. The number of sulfonamides is 1. The summed E-state index contributed by atoms with van der Waals surface area (Å²) >= 11 is 0. The van der Waals surface area contributed by atoms with Gasteiger partial charge in [0, 0.05) is 12.8 Å². The standard InChI is InChI=1S/C17H24BF2NO4S/c1-12(13-10-17(19,20)11-13)16(4)15(2,3)24-18(25-16)21-26(22,23)14-8-6-5-7-9-14/h5-9,12-13,21H,10-11H2,1-4H3. The van der Waals surface area contributed by atoms with E-state index in [1.165, 1.54) is 12.1 Å². The van der Waals surface area contributed by atoms with E-state index in [2.05, 4.69) is 4.63 Å². The third kappa shape index (κ3) is 3.42. The van der Waals surface area contributed by atoms with E-state index in [1.807, 2.05) is 6.92 Å². The topological polar surface area (TPSA) is 64.6 Å². The predicted octanol–water partition coefficient (Wildman–Crippen LogP) is 3.22. The van der Waals surface area contributed by atoms with Gasteiger partial charge in [0.2, 0.25) is 15.9 Å². The number of alkyl halides is 2. The Morgan fingerprint density at radius 3 is 2.27 bits per heavy atom. The Morgan fingerprint density at radius 2 is 1.73 bits per heavy atom. The summed E-state index contributed by atoms with van der Waals surface area (Å²) in [6.45, 7) is 7.23. The van der Waals surface area contributed by atoms with Crippen molar-refractivity contribution in [2.45, 2.75) is 62.6 Å². The summed E-state index contributed by atoms with van der Waals surface area (Å²) in [5, 5.41) is 0. The zero-order chi connectivity index (χ0) is 19.4. The van der Waals surface area contributed by atoms with Gasteiger partial charge in [-0.3, -0.25) is 0 Å². The van der Waals surface area contributed by atoms with E-state index in [-0.39, 0.29) is 29.6 Å². The summed E-state index contributed by atoms with van der Waals surface area (Å²) < 4.78 is 65.7. The van der Waals surface area contributed by atoms with Gasteiger partial charge in [0.1, 0.15) is 0 Å². The number of hydrogen-bond acceptors (Lipinski definition) is 4. The van der Waals surface area contributed by atoms with E-state index in [4.69, 9.17) is 9.31 Å². The van der Waals surface area contributed by atoms with Gasteiger partial charge in [0.05, 0.1) is 16.1 Å². The Labute approximate surface area is 153 Å². The summed E-state index contributed by atoms with van der Waals surface area (Å²) in [4.78, 5) is 0.102. The van der Waals surface area contributed by atoms with E-state index in [1.54, 1.807) is 39.0 Å².